The summed E-state index contributed by atoms with van der Waals surface area (Å²) in [6.07, 6.45) is 0. The molecule has 0 aromatic heterocycles. The van der Waals surface area contributed by atoms with E-state index >= 15 is 0 Å². The van der Waals surface area contributed by atoms with Crippen molar-refractivity contribution in [3.63, 3.8) is 0 Å². The van der Waals surface area contributed by atoms with Crippen LogP contribution in [0.1, 0.15) is 18.4 Å². The molecule has 2 aromatic carbocycles. The number of nitro groups is 1. The summed E-state index contributed by atoms with van der Waals surface area (Å²) in [5.41, 5.74) is 0.465. The molecule has 6 nitrogen and oxygen atoms in total. The molecular formula is C16H17ClN2O4S. The zero-order chi connectivity index (χ0) is 17.9. The van der Waals surface area contributed by atoms with E-state index in [1.807, 2.05) is 13.0 Å². The van der Waals surface area contributed by atoms with Gasteiger partial charge in [-0.05, 0) is 29.7 Å². The lowest BCUT2D eigenvalue weighted by Crippen LogP contribution is -2.31. The molecule has 2 rings (SSSR count). The highest BCUT2D eigenvalue weighted by atomic mass is 35.5. The van der Waals surface area contributed by atoms with Crippen molar-refractivity contribution in [1.82, 2.24) is 4.31 Å². The monoisotopic (exact) mass is 368 g/mol. The molecule has 2 aromatic rings. The number of nitrogens with zero attached hydrogens (tertiary/aromatic N) is 2. The largest absolute Gasteiger partial charge is 0.289 e. The summed E-state index contributed by atoms with van der Waals surface area (Å²) in [7, 11) is -2.56. The van der Waals surface area contributed by atoms with Gasteiger partial charge in [0, 0.05) is 24.7 Å². The molecule has 0 amide bonds. The molecular weight excluding hydrogens is 352 g/mol. The Morgan fingerprint density at radius 1 is 1.21 bits per heavy atom. The molecule has 0 heterocycles. The lowest BCUT2D eigenvalue weighted by atomic mass is 10.0. The Bertz CT molecular complexity index is 855. The number of nitro benzene ring substituents is 1. The lowest BCUT2D eigenvalue weighted by molar-refractivity contribution is -0.387. The maximum Gasteiger partial charge on any atom is 0.289 e. The second-order valence-electron chi connectivity index (χ2n) is 5.47. The van der Waals surface area contributed by atoms with Gasteiger partial charge in [-0.25, -0.2) is 12.7 Å². The van der Waals surface area contributed by atoms with Crippen molar-refractivity contribution in [2.45, 2.75) is 17.7 Å². The van der Waals surface area contributed by atoms with Gasteiger partial charge < -0.3 is 0 Å². The minimum atomic E-state index is -3.97. The number of hydrogen-bond donors (Lipinski definition) is 0. The summed E-state index contributed by atoms with van der Waals surface area (Å²) in [5, 5.41) is 11.7. The third-order valence-electron chi connectivity index (χ3n) is 3.70. The Balaban J connectivity index is 2.28. The Morgan fingerprint density at radius 3 is 2.50 bits per heavy atom. The fourth-order valence-corrected chi connectivity index (χ4v) is 4.01. The number of likely N-dealkylation sites (N-methyl/N-ethyl adjacent to an activating group) is 1. The standard InChI is InChI=1S/C16H17ClN2O4S/c1-12(13-6-5-7-14(17)10-13)11-18(2)24(22,23)16-9-4-3-8-15(16)19(20)21/h3-10,12H,11H2,1-2H3/t12-/m1/s1. The molecule has 0 aliphatic carbocycles. The van der Waals surface area contributed by atoms with E-state index in [-0.39, 0.29) is 17.4 Å². The summed E-state index contributed by atoms with van der Waals surface area (Å²) >= 11 is 5.96. The molecule has 0 bridgehead atoms. The van der Waals surface area contributed by atoms with Crippen LogP contribution in [0.2, 0.25) is 5.02 Å². The number of para-hydroxylation sites is 1. The highest BCUT2D eigenvalue weighted by Crippen LogP contribution is 2.27. The maximum absolute atomic E-state index is 12.7. The number of rotatable bonds is 6. The van der Waals surface area contributed by atoms with E-state index in [4.69, 9.17) is 11.6 Å². The first-order valence-electron chi connectivity index (χ1n) is 7.18. The normalized spacial score (nSPS) is 13.0. The van der Waals surface area contributed by atoms with Crippen molar-refractivity contribution >= 4 is 27.3 Å². The van der Waals surface area contributed by atoms with Gasteiger partial charge in [0.2, 0.25) is 10.0 Å². The van der Waals surface area contributed by atoms with E-state index in [1.165, 1.54) is 31.3 Å². The highest BCUT2D eigenvalue weighted by molar-refractivity contribution is 7.89. The minimum Gasteiger partial charge on any atom is -0.258 e. The van der Waals surface area contributed by atoms with Crippen molar-refractivity contribution in [2.24, 2.45) is 0 Å². The molecule has 0 saturated heterocycles. The van der Waals surface area contributed by atoms with Crippen LogP contribution in [0.25, 0.3) is 0 Å². The van der Waals surface area contributed by atoms with Crippen LogP contribution in [0.5, 0.6) is 0 Å². The fraction of sp³-hybridized carbons (Fsp3) is 0.250. The van der Waals surface area contributed by atoms with Gasteiger partial charge in [-0.15, -0.1) is 0 Å². The summed E-state index contributed by atoms with van der Waals surface area (Å²) in [4.78, 5) is 10.1. The van der Waals surface area contributed by atoms with Crippen LogP contribution in [0.4, 0.5) is 5.69 Å². The predicted octanol–water partition coefficient (Wildman–Crippen LogP) is 3.67. The fourth-order valence-electron chi connectivity index (χ4n) is 2.40. The average molecular weight is 369 g/mol. The van der Waals surface area contributed by atoms with Crippen molar-refractivity contribution < 1.29 is 13.3 Å². The van der Waals surface area contributed by atoms with Crippen molar-refractivity contribution in [3.05, 3.63) is 69.2 Å². The molecule has 128 valence electrons. The van der Waals surface area contributed by atoms with Crippen LogP contribution in [-0.2, 0) is 10.0 Å². The number of benzene rings is 2. The molecule has 0 spiro atoms. The number of halogens is 1. The quantitative estimate of drug-likeness (QED) is 0.575. The van der Waals surface area contributed by atoms with Crippen LogP contribution >= 0.6 is 11.6 Å². The Kier molecular flexibility index (Phi) is 5.58. The number of sulfonamides is 1. The molecule has 1 atom stereocenters. The Hall–Kier alpha value is -1.96. The summed E-state index contributed by atoms with van der Waals surface area (Å²) < 4.78 is 26.5. The van der Waals surface area contributed by atoms with Crippen molar-refractivity contribution in [3.8, 4) is 0 Å². The van der Waals surface area contributed by atoms with Crippen LogP contribution in [0.3, 0.4) is 0 Å². The maximum atomic E-state index is 12.7. The van der Waals surface area contributed by atoms with E-state index < -0.39 is 20.6 Å². The van der Waals surface area contributed by atoms with Gasteiger partial charge in [0.1, 0.15) is 0 Å². The van der Waals surface area contributed by atoms with Gasteiger partial charge in [0.05, 0.1) is 4.92 Å². The van der Waals surface area contributed by atoms with E-state index in [0.29, 0.717) is 5.02 Å². The molecule has 0 fully saturated rings. The highest BCUT2D eigenvalue weighted by Gasteiger charge is 2.29. The molecule has 0 aliphatic rings. The number of hydrogen-bond acceptors (Lipinski definition) is 4. The van der Waals surface area contributed by atoms with Crippen molar-refractivity contribution in [2.75, 3.05) is 13.6 Å². The zero-order valence-corrected chi connectivity index (χ0v) is 14.8. The van der Waals surface area contributed by atoms with Gasteiger partial charge in [0.25, 0.3) is 5.69 Å². The molecule has 0 aliphatic heterocycles. The second kappa shape index (κ2) is 7.29. The zero-order valence-electron chi connectivity index (χ0n) is 13.2. The van der Waals surface area contributed by atoms with E-state index in [9.17, 15) is 18.5 Å². The van der Waals surface area contributed by atoms with Gasteiger partial charge in [-0.1, -0.05) is 42.8 Å². The lowest BCUT2D eigenvalue weighted by Gasteiger charge is -2.21. The molecule has 0 unspecified atom stereocenters. The average Bonchev–Trinajstić information content (AvgIpc) is 2.54. The first-order valence-corrected chi connectivity index (χ1v) is 9.00. The third-order valence-corrected chi connectivity index (χ3v) is 5.80. The van der Waals surface area contributed by atoms with E-state index in [1.54, 1.807) is 18.2 Å². The molecule has 24 heavy (non-hydrogen) atoms. The Morgan fingerprint density at radius 2 is 1.88 bits per heavy atom. The predicted molar refractivity (Wildman–Crippen MR) is 92.8 cm³/mol. The minimum absolute atomic E-state index is 0.119. The molecule has 0 radical (unpaired) electrons. The second-order valence-corrected chi connectivity index (χ2v) is 7.92. The van der Waals surface area contributed by atoms with Gasteiger partial charge in [-0.3, -0.25) is 10.1 Å². The van der Waals surface area contributed by atoms with E-state index in [2.05, 4.69) is 0 Å². The molecule has 0 N–H and O–H groups in total. The Labute approximate surface area is 145 Å². The summed E-state index contributed by atoms with van der Waals surface area (Å²) in [6, 6.07) is 12.5. The third kappa shape index (κ3) is 3.92. The van der Waals surface area contributed by atoms with Crippen molar-refractivity contribution in [1.29, 1.82) is 0 Å². The van der Waals surface area contributed by atoms with Crippen LogP contribution < -0.4 is 0 Å². The van der Waals surface area contributed by atoms with E-state index in [0.717, 1.165) is 9.87 Å². The first-order chi connectivity index (χ1) is 11.2. The SMILES string of the molecule is C[C@H](CN(C)S(=O)(=O)c1ccccc1[N+](=O)[O-])c1cccc(Cl)c1. The summed E-state index contributed by atoms with van der Waals surface area (Å²) in [6.45, 7) is 2.05. The smallest absolute Gasteiger partial charge is 0.258 e. The van der Waals surface area contributed by atoms with Gasteiger partial charge >= 0.3 is 0 Å². The molecule has 8 heteroatoms. The van der Waals surface area contributed by atoms with Crippen LogP contribution in [-0.4, -0.2) is 31.2 Å². The van der Waals surface area contributed by atoms with Crippen LogP contribution in [0.15, 0.2) is 53.4 Å². The topological polar surface area (TPSA) is 80.5 Å². The van der Waals surface area contributed by atoms with Crippen LogP contribution in [0, 0.1) is 10.1 Å². The molecule has 0 saturated carbocycles. The van der Waals surface area contributed by atoms with Gasteiger partial charge in [-0.2, -0.15) is 0 Å². The van der Waals surface area contributed by atoms with Gasteiger partial charge in [0.15, 0.2) is 4.90 Å². The summed E-state index contributed by atoms with van der Waals surface area (Å²) in [5.74, 6) is -0.119. The first kappa shape index (κ1) is 18.4.